The lowest BCUT2D eigenvalue weighted by Gasteiger charge is -2.20. The standard InChI is InChI=1S/C10H14O4/c1-6(11)13-9-3-2-7(12)8-4-5-10(9)14-8/h8-10H,2-5H2,1H3/t8-,9+,10+/m0/s1. The third kappa shape index (κ3) is 1.80. The number of carbonyl (C=O) groups is 2. The second kappa shape index (κ2) is 3.69. The summed E-state index contributed by atoms with van der Waals surface area (Å²) >= 11 is 0. The van der Waals surface area contributed by atoms with Crippen molar-refractivity contribution in [3.05, 3.63) is 0 Å². The van der Waals surface area contributed by atoms with Gasteiger partial charge < -0.3 is 9.47 Å². The highest BCUT2D eigenvalue weighted by Crippen LogP contribution is 2.30. The average Bonchev–Trinajstić information content (AvgIpc) is 2.54. The molecule has 0 spiro atoms. The van der Waals surface area contributed by atoms with E-state index in [-0.39, 0.29) is 30.1 Å². The first-order valence-corrected chi connectivity index (χ1v) is 5.02. The third-order valence-electron chi connectivity index (χ3n) is 2.82. The zero-order valence-corrected chi connectivity index (χ0v) is 8.19. The van der Waals surface area contributed by atoms with Crippen molar-refractivity contribution in [1.29, 1.82) is 0 Å². The van der Waals surface area contributed by atoms with Crippen LogP contribution in [0.25, 0.3) is 0 Å². The predicted molar refractivity (Wildman–Crippen MR) is 47.7 cm³/mol. The second-order valence-corrected chi connectivity index (χ2v) is 3.89. The van der Waals surface area contributed by atoms with Gasteiger partial charge in [0.05, 0.1) is 6.10 Å². The van der Waals surface area contributed by atoms with Crippen molar-refractivity contribution in [3.8, 4) is 0 Å². The Bertz CT molecular complexity index is 261. The number of hydrogen-bond acceptors (Lipinski definition) is 4. The van der Waals surface area contributed by atoms with Crippen LogP contribution in [0.5, 0.6) is 0 Å². The zero-order valence-electron chi connectivity index (χ0n) is 8.19. The van der Waals surface area contributed by atoms with E-state index in [2.05, 4.69) is 0 Å². The lowest BCUT2D eigenvalue weighted by Crippen LogP contribution is -2.29. The van der Waals surface area contributed by atoms with Crippen LogP contribution < -0.4 is 0 Å². The number of hydrogen-bond donors (Lipinski definition) is 0. The molecular formula is C10H14O4. The number of ether oxygens (including phenoxy) is 2. The van der Waals surface area contributed by atoms with E-state index >= 15 is 0 Å². The molecule has 2 fully saturated rings. The normalized spacial score (nSPS) is 36.6. The first-order chi connectivity index (χ1) is 6.66. The maximum absolute atomic E-state index is 11.4. The summed E-state index contributed by atoms with van der Waals surface area (Å²) in [5.41, 5.74) is 0. The molecule has 78 valence electrons. The predicted octanol–water partition coefficient (Wildman–Crippen LogP) is 0.829. The molecule has 2 rings (SSSR count). The summed E-state index contributed by atoms with van der Waals surface area (Å²) in [7, 11) is 0. The zero-order chi connectivity index (χ0) is 10.1. The molecule has 0 aliphatic carbocycles. The fraction of sp³-hybridized carbons (Fsp3) is 0.800. The van der Waals surface area contributed by atoms with Gasteiger partial charge in [-0.1, -0.05) is 0 Å². The summed E-state index contributed by atoms with van der Waals surface area (Å²) in [5, 5.41) is 0. The Balaban J connectivity index is 2.04. The van der Waals surface area contributed by atoms with Crippen LogP contribution >= 0.6 is 0 Å². The minimum atomic E-state index is -0.295. The van der Waals surface area contributed by atoms with Crippen LogP contribution in [0.15, 0.2) is 0 Å². The van der Waals surface area contributed by atoms with Crippen molar-refractivity contribution >= 4 is 11.8 Å². The Hall–Kier alpha value is -0.900. The van der Waals surface area contributed by atoms with E-state index in [1.54, 1.807) is 0 Å². The largest absolute Gasteiger partial charge is 0.460 e. The molecule has 2 heterocycles. The number of fused-ring (bicyclic) bond motifs is 2. The Morgan fingerprint density at radius 3 is 2.93 bits per heavy atom. The molecule has 0 N–H and O–H groups in total. The molecule has 0 aromatic carbocycles. The van der Waals surface area contributed by atoms with Crippen LogP contribution in [0.1, 0.15) is 32.6 Å². The minimum absolute atomic E-state index is 0.0599. The molecule has 2 aliphatic heterocycles. The van der Waals surface area contributed by atoms with Gasteiger partial charge in [0.2, 0.25) is 0 Å². The van der Waals surface area contributed by atoms with Crippen LogP contribution in [0, 0.1) is 0 Å². The molecular weight excluding hydrogens is 184 g/mol. The van der Waals surface area contributed by atoms with Gasteiger partial charge in [0.15, 0.2) is 5.78 Å². The maximum atomic E-state index is 11.4. The van der Waals surface area contributed by atoms with Gasteiger partial charge in [-0.05, 0) is 19.3 Å². The van der Waals surface area contributed by atoms with Gasteiger partial charge in [0.1, 0.15) is 12.2 Å². The summed E-state index contributed by atoms with van der Waals surface area (Å²) in [4.78, 5) is 22.3. The van der Waals surface area contributed by atoms with Crippen molar-refractivity contribution in [1.82, 2.24) is 0 Å². The monoisotopic (exact) mass is 198 g/mol. The molecule has 2 saturated heterocycles. The van der Waals surface area contributed by atoms with E-state index < -0.39 is 0 Å². The van der Waals surface area contributed by atoms with Gasteiger partial charge in [0.25, 0.3) is 0 Å². The maximum Gasteiger partial charge on any atom is 0.302 e. The number of ketones is 1. The van der Waals surface area contributed by atoms with Crippen LogP contribution in [-0.4, -0.2) is 30.1 Å². The minimum Gasteiger partial charge on any atom is -0.460 e. The Labute approximate surface area is 82.6 Å². The van der Waals surface area contributed by atoms with E-state index in [9.17, 15) is 9.59 Å². The van der Waals surface area contributed by atoms with E-state index in [4.69, 9.17) is 9.47 Å². The van der Waals surface area contributed by atoms with Crippen molar-refractivity contribution in [2.45, 2.75) is 50.9 Å². The molecule has 14 heavy (non-hydrogen) atoms. The summed E-state index contributed by atoms with van der Waals surface area (Å²) in [5.74, 6) is -0.140. The molecule has 4 heteroatoms. The quantitative estimate of drug-likeness (QED) is 0.585. The van der Waals surface area contributed by atoms with E-state index in [1.165, 1.54) is 6.92 Å². The summed E-state index contributed by atoms with van der Waals surface area (Å²) in [6.07, 6.45) is 2.17. The molecule has 0 saturated carbocycles. The van der Waals surface area contributed by atoms with Gasteiger partial charge >= 0.3 is 5.97 Å². The first kappa shape index (κ1) is 9.65. The molecule has 0 radical (unpaired) electrons. The second-order valence-electron chi connectivity index (χ2n) is 3.89. The molecule has 0 aromatic heterocycles. The van der Waals surface area contributed by atoms with Crippen molar-refractivity contribution in [3.63, 3.8) is 0 Å². The van der Waals surface area contributed by atoms with Crippen molar-refractivity contribution < 1.29 is 19.1 Å². The summed E-state index contributed by atoms with van der Waals surface area (Å²) in [6.45, 7) is 1.39. The van der Waals surface area contributed by atoms with Gasteiger partial charge in [-0.2, -0.15) is 0 Å². The highest BCUT2D eigenvalue weighted by Gasteiger charge is 2.40. The van der Waals surface area contributed by atoms with Gasteiger partial charge in [-0.3, -0.25) is 9.59 Å². The van der Waals surface area contributed by atoms with Crippen LogP contribution in [-0.2, 0) is 19.1 Å². The van der Waals surface area contributed by atoms with E-state index in [0.717, 1.165) is 12.8 Å². The number of esters is 1. The highest BCUT2D eigenvalue weighted by molar-refractivity contribution is 5.83. The fourth-order valence-corrected chi connectivity index (χ4v) is 2.15. The molecule has 3 atom stereocenters. The number of carbonyl (C=O) groups excluding carboxylic acids is 2. The van der Waals surface area contributed by atoms with Crippen molar-refractivity contribution in [2.75, 3.05) is 0 Å². The van der Waals surface area contributed by atoms with E-state index in [0.29, 0.717) is 12.8 Å². The highest BCUT2D eigenvalue weighted by atomic mass is 16.6. The van der Waals surface area contributed by atoms with Crippen LogP contribution in [0.4, 0.5) is 0 Å². The third-order valence-corrected chi connectivity index (χ3v) is 2.82. The molecule has 4 nitrogen and oxygen atoms in total. The van der Waals surface area contributed by atoms with Crippen LogP contribution in [0.2, 0.25) is 0 Å². The Morgan fingerprint density at radius 1 is 1.43 bits per heavy atom. The number of rotatable bonds is 1. The van der Waals surface area contributed by atoms with Gasteiger partial charge in [-0.25, -0.2) is 0 Å². The van der Waals surface area contributed by atoms with Crippen LogP contribution in [0.3, 0.4) is 0 Å². The SMILES string of the molecule is CC(=O)O[C@@H]1CCC(=O)[C@@H]2CC[C@H]1O2. The molecule has 2 aliphatic rings. The number of Topliss-reactive ketones (excluding diaryl/α,β-unsaturated/α-hetero) is 1. The summed E-state index contributed by atoms with van der Waals surface area (Å²) < 4.78 is 10.7. The Kier molecular flexibility index (Phi) is 2.54. The average molecular weight is 198 g/mol. The first-order valence-electron chi connectivity index (χ1n) is 5.02. The van der Waals surface area contributed by atoms with Gasteiger partial charge in [-0.15, -0.1) is 0 Å². The lowest BCUT2D eigenvalue weighted by molar-refractivity contribution is -0.153. The van der Waals surface area contributed by atoms with E-state index in [1.807, 2.05) is 0 Å². The topological polar surface area (TPSA) is 52.6 Å². The fourth-order valence-electron chi connectivity index (χ4n) is 2.15. The molecule has 0 amide bonds. The molecule has 0 unspecified atom stereocenters. The molecule has 0 aromatic rings. The smallest absolute Gasteiger partial charge is 0.302 e. The lowest BCUT2D eigenvalue weighted by atomic mass is 9.98. The van der Waals surface area contributed by atoms with Gasteiger partial charge in [0, 0.05) is 13.3 Å². The van der Waals surface area contributed by atoms with Crippen molar-refractivity contribution in [2.24, 2.45) is 0 Å². The Morgan fingerprint density at radius 2 is 2.21 bits per heavy atom. The molecule has 2 bridgehead atoms. The summed E-state index contributed by atoms with van der Waals surface area (Å²) in [6, 6.07) is 0.